The zero-order chi connectivity index (χ0) is 21.4. The first kappa shape index (κ1) is 23.9. The fraction of sp³-hybridized carbons (Fsp3) is 0.909. The highest BCUT2D eigenvalue weighted by Crippen LogP contribution is 2.21. The number of carboxylic acids is 1. The number of aliphatic hydroxyl groups is 1. The van der Waals surface area contributed by atoms with Crippen molar-refractivity contribution in [2.24, 2.45) is 0 Å². The minimum atomic E-state index is -1.37. The Kier molecular flexibility index (Phi) is 9.21. The number of quaternary nitrogens is 1. The lowest BCUT2D eigenvalue weighted by atomic mass is 9.91. The van der Waals surface area contributed by atoms with E-state index in [1.165, 1.54) is 64.2 Å². The predicted molar refractivity (Wildman–Crippen MR) is 108 cm³/mol. The fourth-order valence-corrected chi connectivity index (χ4v) is 4.60. The lowest BCUT2D eigenvalue weighted by molar-refractivity contribution is -0.725. The molecule has 2 atom stereocenters. The van der Waals surface area contributed by atoms with Gasteiger partial charge in [-0.1, -0.05) is 12.8 Å². The third-order valence-electron chi connectivity index (χ3n) is 6.02. The number of aliphatic carboxylic acids is 1. The molecule has 1 aliphatic heterocycles. The van der Waals surface area contributed by atoms with Crippen LogP contribution in [0.1, 0.15) is 91.4 Å². The lowest BCUT2D eigenvalue weighted by Gasteiger charge is -2.28. The van der Waals surface area contributed by atoms with Crippen molar-refractivity contribution in [2.75, 3.05) is 6.54 Å². The van der Waals surface area contributed by atoms with Crippen LogP contribution in [0.5, 0.6) is 0 Å². The molecule has 1 amide bonds. The lowest BCUT2D eigenvalue weighted by Crippen LogP contribution is -2.95. The van der Waals surface area contributed by atoms with Crippen LogP contribution in [0.15, 0.2) is 0 Å². The van der Waals surface area contributed by atoms with Gasteiger partial charge in [0.1, 0.15) is 5.60 Å². The van der Waals surface area contributed by atoms with Crippen molar-refractivity contribution in [2.45, 2.75) is 121 Å². The zero-order valence-corrected chi connectivity index (χ0v) is 18.4. The fourth-order valence-electron chi connectivity index (χ4n) is 4.60. The van der Waals surface area contributed by atoms with Crippen LogP contribution >= 0.6 is 0 Å². The maximum Gasteiger partial charge on any atom is 0.410 e. The highest BCUT2D eigenvalue weighted by atomic mass is 16.6. The molecule has 7 heteroatoms. The molecule has 3 fully saturated rings. The summed E-state index contributed by atoms with van der Waals surface area (Å²) < 4.78 is 5.04. The van der Waals surface area contributed by atoms with Crippen LogP contribution in [0.25, 0.3) is 0 Å². The topological polar surface area (TPSA) is 107 Å². The largest absolute Gasteiger partial charge is 0.548 e. The molecule has 0 radical (unpaired) electrons. The summed E-state index contributed by atoms with van der Waals surface area (Å²) in [7, 11) is 0. The second-order valence-electron chi connectivity index (χ2n) is 9.85. The number of β-amino-alcohol motifs (C(OH)–C–C–N with tert-alkyl or cyclic N) is 1. The first-order valence-corrected chi connectivity index (χ1v) is 11.4. The number of nitrogens with zero attached hydrogens (tertiary/aromatic N) is 1. The molecular formula is C22H40N2O5. The van der Waals surface area contributed by atoms with Crippen molar-refractivity contribution in [1.29, 1.82) is 0 Å². The molecule has 0 bridgehead atoms. The van der Waals surface area contributed by atoms with Gasteiger partial charge in [-0.15, -0.1) is 0 Å². The van der Waals surface area contributed by atoms with Crippen LogP contribution < -0.4 is 10.4 Å². The van der Waals surface area contributed by atoms with Gasteiger partial charge in [-0.2, -0.15) is 0 Å². The molecule has 2 aliphatic carbocycles. The number of ether oxygens (including phenoxy) is 1. The molecule has 0 aromatic rings. The first-order chi connectivity index (χ1) is 13.7. The standard InChI is InChI=1S/C12H23N.C10H17NO5/c1-3-7-11(8-4-1)13-12-9-5-2-6-10-12;1-10(2,3)16-9(15)11-5-6(12)4-7(11)8(13)14/h11-13H,1-10H2;6-7,12H,4-5H2,1-3H3,(H,13,14)/t;6-,7+/m.1/s1. The van der Waals surface area contributed by atoms with Crippen molar-refractivity contribution in [3.8, 4) is 0 Å². The van der Waals surface area contributed by atoms with E-state index in [-0.39, 0.29) is 13.0 Å². The van der Waals surface area contributed by atoms with Gasteiger partial charge in [0.15, 0.2) is 0 Å². The minimum absolute atomic E-state index is 0.0123. The highest BCUT2D eigenvalue weighted by Gasteiger charge is 2.37. The second-order valence-corrected chi connectivity index (χ2v) is 9.85. The summed E-state index contributed by atoms with van der Waals surface area (Å²) in [6, 6.07) is 0.888. The summed E-state index contributed by atoms with van der Waals surface area (Å²) in [5, 5.41) is 22.8. The van der Waals surface area contributed by atoms with Crippen LogP contribution in [0.3, 0.4) is 0 Å². The Labute approximate surface area is 175 Å². The van der Waals surface area contributed by atoms with E-state index in [9.17, 15) is 19.8 Å². The van der Waals surface area contributed by atoms with E-state index < -0.39 is 29.8 Å². The third-order valence-corrected chi connectivity index (χ3v) is 6.02. The molecule has 3 N–H and O–H groups in total. The quantitative estimate of drug-likeness (QED) is 0.727. The molecule has 3 rings (SSSR count). The number of carboxylic acid groups (broad SMARTS) is 1. The van der Waals surface area contributed by atoms with Gasteiger partial charge in [0.25, 0.3) is 0 Å². The number of likely N-dealkylation sites (tertiary alicyclic amines) is 1. The van der Waals surface area contributed by atoms with Gasteiger partial charge in [0, 0.05) is 6.42 Å². The van der Waals surface area contributed by atoms with E-state index in [2.05, 4.69) is 5.32 Å². The normalized spacial score (nSPS) is 26.6. The van der Waals surface area contributed by atoms with Gasteiger partial charge in [-0.3, -0.25) is 4.90 Å². The summed E-state index contributed by atoms with van der Waals surface area (Å²) in [4.78, 5) is 23.4. The Morgan fingerprint density at radius 1 is 0.966 bits per heavy atom. The van der Waals surface area contributed by atoms with Crippen LogP contribution in [-0.2, 0) is 9.53 Å². The van der Waals surface area contributed by atoms with Crippen molar-refractivity contribution >= 4 is 12.1 Å². The molecule has 7 nitrogen and oxygen atoms in total. The van der Waals surface area contributed by atoms with Crippen LogP contribution in [0.2, 0.25) is 0 Å². The third kappa shape index (κ3) is 8.51. The van der Waals surface area contributed by atoms with Gasteiger partial charge in [0.2, 0.25) is 0 Å². The highest BCUT2D eigenvalue weighted by molar-refractivity contribution is 5.79. The van der Waals surface area contributed by atoms with Gasteiger partial charge in [0.05, 0.1) is 36.7 Å². The zero-order valence-electron chi connectivity index (χ0n) is 18.4. The number of hydrogen-bond donors (Lipinski definition) is 2. The molecule has 0 unspecified atom stereocenters. The molecular weight excluding hydrogens is 372 g/mol. The monoisotopic (exact) mass is 412 g/mol. The molecule has 2 saturated carbocycles. The summed E-state index contributed by atoms with van der Waals surface area (Å²) in [5.74, 6) is -1.37. The SMILES string of the molecule is C1CCC([NH2+]C2CCCCC2)CC1.CC(C)(C)OC(=O)N1C[C@H](O)C[C@H]1C(=O)[O-]. The van der Waals surface area contributed by atoms with Gasteiger partial charge in [-0.05, 0) is 72.1 Å². The Balaban J connectivity index is 0.000000211. The summed E-state index contributed by atoms with van der Waals surface area (Å²) in [6.45, 7) is 5.02. The Morgan fingerprint density at radius 3 is 1.86 bits per heavy atom. The summed E-state index contributed by atoms with van der Waals surface area (Å²) in [5.41, 5.74) is -0.693. The summed E-state index contributed by atoms with van der Waals surface area (Å²) >= 11 is 0. The summed E-state index contributed by atoms with van der Waals surface area (Å²) in [6.07, 6.45) is 13.4. The van der Waals surface area contributed by atoms with E-state index in [4.69, 9.17) is 4.74 Å². The van der Waals surface area contributed by atoms with Crippen LogP contribution in [-0.4, -0.2) is 58.4 Å². The molecule has 168 valence electrons. The van der Waals surface area contributed by atoms with Crippen LogP contribution in [0, 0.1) is 0 Å². The van der Waals surface area contributed by atoms with E-state index in [1.807, 2.05) is 0 Å². The number of nitrogens with two attached hydrogens (primary N) is 1. The van der Waals surface area contributed by atoms with Crippen molar-refractivity contribution in [3.05, 3.63) is 0 Å². The molecule has 3 aliphatic rings. The molecule has 1 saturated heterocycles. The van der Waals surface area contributed by atoms with Gasteiger partial charge < -0.3 is 25.1 Å². The van der Waals surface area contributed by atoms with Crippen molar-refractivity contribution in [3.63, 3.8) is 0 Å². The molecule has 1 heterocycles. The van der Waals surface area contributed by atoms with E-state index >= 15 is 0 Å². The molecule has 0 aromatic carbocycles. The van der Waals surface area contributed by atoms with Crippen molar-refractivity contribution < 1.29 is 29.9 Å². The Bertz CT molecular complexity index is 506. The Morgan fingerprint density at radius 2 is 1.45 bits per heavy atom. The number of carbonyl (C=O) groups excluding carboxylic acids is 2. The second kappa shape index (κ2) is 11.2. The molecule has 29 heavy (non-hydrogen) atoms. The van der Waals surface area contributed by atoms with E-state index in [0.29, 0.717) is 0 Å². The average molecular weight is 413 g/mol. The van der Waals surface area contributed by atoms with Crippen LogP contribution in [0.4, 0.5) is 4.79 Å². The van der Waals surface area contributed by atoms with Crippen molar-refractivity contribution in [1.82, 2.24) is 4.90 Å². The minimum Gasteiger partial charge on any atom is -0.548 e. The predicted octanol–water partition coefficient (Wildman–Crippen LogP) is 1.32. The number of carbonyl (C=O) groups is 2. The first-order valence-electron chi connectivity index (χ1n) is 11.4. The van der Waals surface area contributed by atoms with E-state index in [1.54, 1.807) is 20.8 Å². The van der Waals surface area contributed by atoms with E-state index in [0.717, 1.165) is 17.0 Å². The maximum atomic E-state index is 11.6. The number of amides is 1. The number of rotatable bonds is 3. The molecule has 0 spiro atoms. The number of aliphatic hydroxyl groups excluding tert-OH is 1. The van der Waals surface area contributed by atoms with Gasteiger partial charge >= 0.3 is 6.09 Å². The number of hydrogen-bond acceptors (Lipinski definition) is 5. The smallest absolute Gasteiger partial charge is 0.410 e. The molecule has 0 aromatic heterocycles. The maximum absolute atomic E-state index is 11.6. The van der Waals surface area contributed by atoms with Gasteiger partial charge in [-0.25, -0.2) is 4.79 Å². The average Bonchev–Trinajstić information content (AvgIpc) is 3.05. The Hall–Kier alpha value is -1.34.